The minimum absolute atomic E-state index is 0.00424. The van der Waals surface area contributed by atoms with Crippen LogP contribution in [-0.2, 0) is 14.8 Å². The van der Waals surface area contributed by atoms with Gasteiger partial charge in [0.1, 0.15) is 0 Å². The van der Waals surface area contributed by atoms with Gasteiger partial charge in [0.25, 0.3) is 5.56 Å². The maximum absolute atomic E-state index is 13.4. The quantitative estimate of drug-likeness (QED) is 0.216. The lowest BCUT2D eigenvalue weighted by atomic mass is 10.1. The number of terminal acetylenes is 1. The number of rotatable bonds is 10. The van der Waals surface area contributed by atoms with Gasteiger partial charge >= 0.3 is 0 Å². The molecule has 3 rings (SSSR count). The first-order valence-electron chi connectivity index (χ1n) is 11.2. The Labute approximate surface area is 219 Å². The number of H-pyrrole nitrogens is 1. The van der Waals surface area contributed by atoms with Gasteiger partial charge in [-0.3, -0.25) is 19.5 Å². The second-order valence-electron chi connectivity index (χ2n) is 8.05. The molecule has 0 aliphatic rings. The molecule has 3 aromatic heterocycles. The van der Waals surface area contributed by atoms with E-state index in [9.17, 15) is 13.2 Å². The highest BCUT2D eigenvalue weighted by Crippen LogP contribution is 2.26. The summed E-state index contributed by atoms with van der Waals surface area (Å²) in [5.41, 5.74) is 0.585. The number of hydrogen-bond acceptors (Lipinski definition) is 11. The van der Waals surface area contributed by atoms with Crippen molar-refractivity contribution in [2.75, 3.05) is 18.9 Å². The Morgan fingerprint density at radius 2 is 1.97 bits per heavy atom. The molecule has 0 radical (unpaired) electrons. The van der Waals surface area contributed by atoms with Crippen molar-refractivity contribution in [2.24, 2.45) is 4.99 Å². The molecule has 0 amide bonds. The fraction of sp³-hybridized carbons (Fsp3) is 0.348. The fourth-order valence-corrected chi connectivity index (χ4v) is 4.56. The number of aryl methyl sites for hydroxylation is 1. The number of ether oxygens (including phenoxy) is 2. The smallest absolute Gasteiger partial charge is 0.279 e. The standard InChI is InChI=1S/C23H27N9O5S/c1-8-9-18(36-6)28-15(4)20-29-30-23(32(20)19-21(33)26-12-27-22(19)37-7)31-38(34,35)16(5)14(3)17-11-24-13(2)10-25-17/h1,9-12,14,16H,2-7H3,(H,30,31)(H,26,27,33)/b18-9+,28-15?/t14-,16-/m0/s1. The number of nitrogens with zero attached hydrogens (tertiary/aromatic N) is 7. The van der Waals surface area contributed by atoms with Crippen molar-refractivity contribution in [3.05, 3.63) is 58.2 Å². The Morgan fingerprint density at radius 1 is 1.24 bits per heavy atom. The molecule has 2 atom stereocenters. The molecule has 0 aliphatic heterocycles. The van der Waals surface area contributed by atoms with E-state index in [4.69, 9.17) is 15.9 Å². The summed E-state index contributed by atoms with van der Waals surface area (Å²) in [5.74, 6) is 1.45. The molecule has 3 aromatic rings. The third kappa shape index (κ3) is 5.86. The van der Waals surface area contributed by atoms with Crippen LogP contribution < -0.4 is 15.0 Å². The predicted molar refractivity (Wildman–Crippen MR) is 140 cm³/mol. The molecule has 14 nitrogen and oxygen atoms in total. The third-order valence-corrected chi connectivity index (χ3v) is 7.44. The van der Waals surface area contributed by atoms with Gasteiger partial charge in [-0.05, 0) is 20.8 Å². The minimum atomic E-state index is -4.10. The molecule has 0 saturated carbocycles. The molecular formula is C23H27N9O5S. The van der Waals surface area contributed by atoms with Crippen LogP contribution in [0.1, 0.15) is 43.9 Å². The first-order valence-corrected chi connectivity index (χ1v) is 12.7. The molecule has 0 unspecified atom stereocenters. The number of nitrogens with one attached hydrogen (secondary N) is 2. The lowest BCUT2D eigenvalue weighted by Crippen LogP contribution is -2.32. The zero-order chi connectivity index (χ0) is 28.0. The molecule has 15 heteroatoms. The summed E-state index contributed by atoms with van der Waals surface area (Å²) in [6, 6.07) is 0. The Kier molecular flexibility index (Phi) is 8.58. The van der Waals surface area contributed by atoms with Crippen molar-refractivity contribution < 1.29 is 17.9 Å². The molecule has 0 aromatic carbocycles. The largest absolute Gasteiger partial charge is 0.481 e. The van der Waals surface area contributed by atoms with Crippen LogP contribution >= 0.6 is 0 Å². The van der Waals surface area contributed by atoms with Crippen molar-refractivity contribution in [3.8, 4) is 23.9 Å². The molecular weight excluding hydrogens is 514 g/mol. The first-order chi connectivity index (χ1) is 18.0. The molecule has 0 aliphatic carbocycles. The first kappa shape index (κ1) is 28.0. The number of allylic oxidation sites excluding steroid dienone is 1. The van der Waals surface area contributed by atoms with Crippen molar-refractivity contribution in [3.63, 3.8) is 0 Å². The van der Waals surface area contributed by atoms with E-state index >= 15 is 0 Å². The average molecular weight is 542 g/mol. The highest BCUT2D eigenvalue weighted by Gasteiger charge is 2.32. The number of aromatic nitrogens is 7. The van der Waals surface area contributed by atoms with E-state index in [-0.39, 0.29) is 34.9 Å². The second-order valence-corrected chi connectivity index (χ2v) is 10.1. The van der Waals surface area contributed by atoms with Crippen LogP contribution in [0.15, 0.2) is 40.5 Å². The number of aliphatic imine (C=N–C) groups is 1. The van der Waals surface area contributed by atoms with Gasteiger partial charge < -0.3 is 14.5 Å². The zero-order valence-corrected chi connectivity index (χ0v) is 22.4. The Morgan fingerprint density at radius 3 is 2.58 bits per heavy atom. The van der Waals surface area contributed by atoms with E-state index in [1.165, 1.54) is 33.4 Å². The summed E-state index contributed by atoms with van der Waals surface area (Å²) in [4.78, 5) is 32.1. The van der Waals surface area contributed by atoms with E-state index in [1.54, 1.807) is 27.0 Å². The number of anilines is 1. The van der Waals surface area contributed by atoms with Gasteiger partial charge in [-0.15, -0.1) is 16.6 Å². The Bertz CT molecular complexity index is 1570. The molecule has 3 heterocycles. The number of sulfonamides is 1. The molecule has 0 saturated heterocycles. The average Bonchev–Trinajstić information content (AvgIpc) is 3.29. The van der Waals surface area contributed by atoms with Gasteiger partial charge in [0, 0.05) is 18.3 Å². The number of hydrogen-bond donors (Lipinski definition) is 2. The van der Waals surface area contributed by atoms with Crippen molar-refractivity contribution in [2.45, 2.75) is 38.9 Å². The monoisotopic (exact) mass is 541 g/mol. The molecule has 0 fully saturated rings. The maximum atomic E-state index is 13.4. The van der Waals surface area contributed by atoms with Gasteiger partial charge in [0.05, 0.1) is 49.0 Å². The van der Waals surface area contributed by atoms with Crippen LogP contribution in [-0.4, -0.2) is 68.3 Å². The fourth-order valence-electron chi connectivity index (χ4n) is 3.31. The summed E-state index contributed by atoms with van der Waals surface area (Å²) in [6.45, 7) is 6.58. The van der Waals surface area contributed by atoms with E-state index in [2.05, 4.69) is 45.8 Å². The zero-order valence-electron chi connectivity index (χ0n) is 21.6. The number of aromatic amines is 1. The van der Waals surface area contributed by atoms with Gasteiger partial charge in [-0.25, -0.2) is 23.0 Å². The highest BCUT2D eigenvalue weighted by molar-refractivity contribution is 7.93. The van der Waals surface area contributed by atoms with Crippen LogP contribution in [0.25, 0.3) is 5.69 Å². The van der Waals surface area contributed by atoms with Crippen LogP contribution in [0.3, 0.4) is 0 Å². The van der Waals surface area contributed by atoms with E-state index in [0.717, 1.165) is 10.9 Å². The number of methoxy groups -OCH3 is 2. The molecule has 38 heavy (non-hydrogen) atoms. The SMILES string of the molecule is C#C/C=C(\N=C(C)c1nnc(NS(=O)(=O)[C@@H](C)[C@H](C)c2cnc(C)cn2)n1-c1c(OC)nc[nH]c1=O)OC. The van der Waals surface area contributed by atoms with Crippen LogP contribution in [0.4, 0.5) is 5.95 Å². The Balaban J connectivity index is 2.15. The maximum Gasteiger partial charge on any atom is 0.279 e. The van der Waals surface area contributed by atoms with Crippen molar-refractivity contribution in [1.82, 2.24) is 34.7 Å². The summed E-state index contributed by atoms with van der Waals surface area (Å²) < 4.78 is 40.9. The second kappa shape index (κ2) is 11.6. The van der Waals surface area contributed by atoms with Crippen LogP contribution in [0.2, 0.25) is 0 Å². The van der Waals surface area contributed by atoms with E-state index in [0.29, 0.717) is 11.4 Å². The normalized spacial score (nSPS) is 13.9. The molecule has 2 N–H and O–H groups in total. The van der Waals surface area contributed by atoms with Crippen LogP contribution in [0.5, 0.6) is 5.88 Å². The van der Waals surface area contributed by atoms with Gasteiger partial charge in [0.15, 0.2) is 11.5 Å². The van der Waals surface area contributed by atoms with Gasteiger partial charge in [-0.2, -0.15) is 0 Å². The lowest BCUT2D eigenvalue weighted by molar-refractivity contribution is 0.289. The topological polar surface area (TPSA) is 179 Å². The summed E-state index contributed by atoms with van der Waals surface area (Å²) >= 11 is 0. The van der Waals surface area contributed by atoms with E-state index in [1.807, 2.05) is 0 Å². The Hall–Kier alpha value is -4.58. The van der Waals surface area contributed by atoms with Crippen molar-refractivity contribution in [1.29, 1.82) is 0 Å². The predicted octanol–water partition coefficient (Wildman–Crippen LogP) is 1.32. The molecule has 200 valence electrons. The van der Waals surface area contributed by atoms with E-state index < -0.39 is 26.8 Å². The summed E-state index contributed by atoms with van der Waals surface area (Å²) in [7, 11) is -1.41. The molecule has 0 bridgehead atoms. The minimum Gasteiger partial charge on any atom is -0.481 e. The summed E-state index contributed by atoms with van der Waals surface area (Å²) in [6.07, 6.45) is 10.8. The van der Waals surface area contributed by atoms with Gasteiger partial charge in [0.2, 0.25) is 27.7 Å². The van der Waals surface area contributed by atoms with Gasteiger partial charge in [-0.1, -0.05) is 12.8 Å². The van der Waals surface area contributed by atoms with Crippen molar-refractivity contribution >= 4 is 21.7 Å². The summed E-state index contributed by atoms with van der Waals surface area (Å²) in [5, 5.41) is 7.10. The highest BCUT2D eigenvalue weighted by atomic mass is 32.2. The third-order valence-electron chi connectivity index (χ3n) is 5.59. The van der Waals surface area contributed by atoms with Crippen LogP contribution in [0, 0.1) is 19.3 Å². The molecule has 0 spiro atoms. The lowest BCUT2D eigenvalue weighted by Gasteiger charge is -2.20.